The Kier molecular flexibility index (Phi) is 4.71. The Hall–Kier alpha value is -0.940. The molecule has 0 radical (unpaired) electrons. The first kappa shape index (κ1) is 12.1. The van der Waals surface area contributed by atoms with Crippen LogP contribution in [0.2, 0.25) is 0 Å². The SMILES string of the molecule is CCC(N)C(CC(=O)OC)c1cscn1. The first-order valence-corrected chi connectivity index (χ1v) is 5.83. The highest BCUT2D eigenvalue weighted by atomic mass is 32.1. The van der Waals surface area contributed by atoms with Crippen LogP contribution in [0.25, 0.3) is 0 Å². The number of aromatic nitrogens is 1. The molecule has 0 aromatic carbocycles. The molecule has 0 aliphatic rings. The fourth-order valence-corrected chi connectivity index (χ4v) is 2.05. The van der Waals surface area contributed by atoms with Crippen LogP contribution in [0.5, 0.6) is 0 Å². The zero-order chi connectivity index (χ0) is 11.3. The van der Waals surface area contributed by atoms with Crippen molar-refractivity contribution in [3.05, 3.63) is 16.6 Å². The molecule has 0 amide bonds. The zero-order valence-electron chi connectivity index (χ0n) is 8.97. The van der Waals surface area contributed by atoms with E-state index in [1.807, 2.05) is 12.3 Å². The monoisotopic (exact) mass is 228 g/mol. The zero-order valence-corrected chi connectivity index (χ0v) is 9.79. The first-order valence-electron chi connectivity index (χ1n) is 4.89. The molecule has 1 rings (SSSR count). The Balaban J connectivity index is 2.74. The Morgan fingerprint density at radius 2 is 2.47 bits per heavy atom. The van der Waals surface area contributed by atoms with Gasteiger partial charge >= 0.3 is 5.97 Å². The number of hydrogen-bond acceptors (Lipinski definition) is 5. The average Bonchev–Trinajstić information content (AvgIpc) is 2.77. The van der Waals surface area contributed by atoms with Gasteiger partial charge in [0.15, 0.2) is 0 Å². The van der Waals surface area contributed by atoms with Crippen molar-refractivity contribution in [3.63, 3.8) is 0 Å². The van der Waals surface area contributed by atoms with Crippen LogP contribution >= 0.6 is 11.3 Å². The highest BCUT2D eigenvalue weighted by Crippen LogP contribution is 2.24. The number of rotatable bonds is 5. The van der Waals surface area contributed by atoms with Crippen molar-refractivity contribution in [2.75, 3.05) is 7.11 Å². The minimum Gasteiger partial charge on any atom is -0.469 e. The van der Waals surface area contributed by atoms with Crippen molar-refractivity contribution in [1.29, 1.82) is 0 Å². The van der Waals surface area contributed by atoms with E-state index in [9.17, 15) is 4.79 Å². The predicted octanol–water partition coefficient (Wildman–Crippen LogP) is 1.53. The molecule has 0 spiro atoms. The van der Waals surface area contributed by atoms with E-state index in [1.165, 1.54) is 18.4 Å². The van der Waals surface area contributed by atoms with Crippen LogP contribution in [0, 0.1) is 0 Å². The maximum atomic E-state index is 11.2. The van der Waals surface area contributed by atoms with E-state index < -0.39 is 0 Å². The van der Waals surface area contributed by atoms with Gasteiger partial charge in [-0.1, -0.05) is 6.92 Å². The number of thiazole rings is 1. The summed E-state index contributed by atoms with van der Waals surface area (Å²) in [6.07, 6.45) is 1.12. The predicted molar refractivity (Wildman–Crippen MR) is 59.8 cm³/mol. The lowest BCUT2D eigenvalue weighted by atomic mass is 9.92. The molecule has 0 saturated heterocycles. The number of carbonyl (C=O) groups is 1. The van der Waals surface area contributed by atoms with Crippen LogP contribution in [-0.2, 0) is 9.53 Å². The Morgan fingerprint density at radius 3 is 2.93 bits per heavy atom. The minimum absolute atomic E-state index is 0.0336. The second-order valence-corrected chi connectivity index (χ2v) is 4.09. The van der Waals surface area contributed by atoms with Crippen LogP contribution in [0.3, 0.4) is 0 Å². The van der Waals surface area contributed by atoms with Gasteiger partial charge in [0.1, 0.15) is 0 Å². The van der Waals surface area contributed by atoms with E-state index in [2.05, 4.69) is 9.72 Å². The van der Waals surface area contributed by atoms with E-state index >= 15 is 0 Å². The lowest BCUT2D eigenvalue weighted by Crippen LogP contribution is -2.29. The molecule has 0 aliphatic carbocycles. The fraction of sp³-hybridized carbons (Fsp3) is 0.600. The van der Waals surface area contributed by atoms with Gasteiger partial charge in [-0.15, -0.1) is 11.3 Å². The Bertz CT molecular complexity index is 300. The van der Waals surface area contributed by atoms with Gasteiger partial charge in [0, 0.05) is 17.3 Å². The topological polar surface area (TPSA) is 65.2 Å². The summed E-state index contributed by atoms with van der Waals surface area (Å²) in [4.78, 5) is 15.4. The Morgan fingerprint density at radius 1 is 1.73 bits per heavy atom. The van der Waals surface area contributed by atoms with Gasteiger partial charge in [-0.3, -0.25) is 4.79 Å². The normalized spacial score (nSPS) is 14.6. The third-order valence-electron chi connectivity index (χ3n) is 2.43. The molecular formula is C10H16N2O2S. The van der Waals surface area contributed by atoms with E-state index in [0.717, 1.165) is 12.1 Å². The summed E-state index contributed by atoms with van der Waals surface area (Å²) in [6, 6.07) is -0.0498. The Labute approximate surface area is 93.5 Å². The first-order chi connectivity index (χ1) is 7.19. The van der Waals surface area contributed by atoms with Gasteiger partial charge < -0.3 is 10.5 Å². The number of methoxy groups -OCH3 is 1. The summed E-state index contributed by atoms with van der Waals surface area (Å²) in [5.74, 6) is -0.273. The van der Waals surface area contributed by atoms with Crippen LogP contribution in [-0.4, -0.2) is 24.1 Å². The summed E-state index contributed by atoms with van der Waals surface area (Å²) in [6.45, 7) is 2.00. The van der Waals surface area contributed by atoms with Crippen LogP contribution in [0.1, 0.15) is 31.4 Å². The van der Waals surface area contributed by atoms with Gasteiger partial charge in [0.25, 0.3) is 0 Å². The van der Waals surface area contributed by atoms with E-state index in [-0.39, 0.29) is 17.9 Å². The number of nitrogens with zero attached hydrogens (tertiary/aromatic N) is 1. The van der Waals surface area contributed by atoms with Gasteiger partial charge in [-0.05, 0) is 6.42 Å². The van der Waals surface area contributed by atoms with Crippen molar-refractivity contribution in [2.24, 2.45) is 5.73 Å². The van der Waals surface area contributed by atoms with E-state index in [0.29, 0.717) is 6.42 Å². The number of carbonyl (C=O) groups excluding carboxylic acids is 1. The molecule has 2 unspecified atom stereocenters. The minimum atomic E-state index is -0.239. The fourth-order valence-electron chi connectivity index (χ4n) is 1.43. The lowest BCUT2D eigenvalue weighted by molar-refractivity contribution is -0.141. The standard InChI is InChI=1S/C10H16N2O2S/c1-3-8(11)7(4-10(13)14-2)9-5-15-6-12-9/h5-8H,3-4,11H2,1-2H3. The van der Waals surface area contributed by atoms with Gasteiger partial charge in [0.2, 0.25) is 0 Å². The maximum Gasteiger partial charge on any atom is 0.306 e. The number of nitrogens with two attached hydrogens (primary N) is 1. The van der Waals surface area contributed by atoms with Gasteiger partial charge in [0.05, 0.1) is 24.7 Å². The molecule has 0 fully saturated rings. The molecule has 1 aromatic heterocycles. The number of hydrogen-bond donors (Lipinski definition) is 1. The third-order valence-corrected chi connectivity index (χ3v) is 3.04. The van der Waals surface area contributed by atoms with Crippen molar-refractivity contribution in [2.45, 2.75) is 31.7 Å². The highest BCUT2D eigenvalue weighted by molar-refractivity contribution is 7.07. The molecule has 0 saturated carbocycles. The molecule has 2 N–H and O–H groups in total. The molecule has 0 bridgehead atoms. The average molecular weight is 228 g/mol. The molecule has 4 nitrogen and oxygen atoms in total. The highest BCUT2D eigenvalue weighted by Gasteiger charge is 2.23. The molecule has 1 heterocycles. The lowest BCUT2D eigenvalue weighted by Gasteiger charge is -2.19. The smallest absolute Gasteiger partial charge is 0.306 e. The molecule has 5 heteroatoms. The van der Waals surface area contributed by atoms with E-state index in [1.54, 1.807) is 5.51 Å². The summed E-state index contributed by atoms with van der Waals surface area (Å²) in [7, 11) is 1.39. The van der Waals surface area contributed by atoms with E-state index in [4.69, 9.17) is 5.73 Å². The van der Waals surface area contributed by atoms with Crippen molar-refractivity contribution in [3.8, 4) is 0 Å². The van der Waals surface area contributed by atoms with Crippen LogP contribution in [0.15, 0.2) is 10.9 Å². The van der Waals surface area contributed by atoms with Crippen molar-refractivity contribution >= 4 is 17.3 Å². The maximum absolute atomic E-state index is 11.2. The van der Waals surface area contributed by atoms with Crippen molar-refractivity contribution in [1.82, 2.24) is 4.98 Å². The number of ether oxygens (including phenoxy) is 1. The van der Waals surface area contributed by atoms with Gasteiger partial charge in [-0.25, -0.2) is 4.98 Å². The van der Waals surface area contributed by atoms with Gasteiger partial charge in [-0.2, -0.15) is 0 Å². The second kappa shape index (κ2) is 5.82. The molecule has 0 aliphatic heterocycles. The van der Waals surface area contributed by atoms with Crippen molar-refractivity contribution < 1.29 is 9.53 Å². The molecule has 15 heavy (non-hydrogen) atoms. The van der Waals surface area contributed by atoms with Crippen LogP contribution < -0.4 is 5.73 Å². The molecule has 84 valence electrons. The quantitative estimate of drug-likeness (QED) is 0.776. The largest absolute Gasteiger partial charge is 0.469 e. The summed E-state index contributed by atoms with van der Waals surface area (Å²) in [5.41, 5.74) is 8.61. The summed E-state index contributed by atoms with van der Waals surface area (Å²) >= 11 is 1.51. The molecule has 2 atom stereocenters. The molecule has 1 aromatic rings. The van der Waals surface area contributed by atoms with Crippen LogP contribution in [0.4, 0.5) is 0 Å². The second-order valence-electron chi connectivity index (χ2n) is 3.37. The number of esters is 1. The summed E-state index contributed by atoms with van der Waals surface area (Å²) in [5, 5.41) is 1.93. The third kappa shape index (κ3) is 3.28. The molecular weight excluding hydrogens is 212 g/mol. The summed E-state index contributed by atoms with van der Waals surface area (Å²) < 4.78 is 4.65.